The third-order valence-electron chi connectivity index (χ3n) is 2.22. The van der Waals surface area contributed by atoms with Crippen molar-refractivity contribution in [3.63, 3.8) is 0 Å². The average Bonchev–Trinajstić information content (AvgIpc) is 2.06. The second-order valence-corrected chi connectivity index (χ2v) is 4.26. The van der Waals surface area contributed by atoms with Crippen molar-refractivity contribution in [2.45, 2.75) is 25.9 Å². The molecular weight excluding hydrogens is 235 g/mol. The Labute approximate surface area is 85.0 Å². The Kier molecular flexibility index (Phi) is 2.28. The second-order valence-electron chi connectivity index (χ2n) is 3.34. The average molecular weight is 245 g/mol. The van der Waals surface area contributed by atoms with E-state index in [0.717, 1.165) is 22.9 Å². The summed E-state index contributed by atoms with van der Waals surface area (Å²) in [5.41, 5.74) is 0.963. The van der Waals surface area contributed by atoms with E-state index < -0.39 is 0 Å². The monoisotopic (exact) mass is 244 g/mol. The van der Waals surface area contributed by atoms with Crippen LogP contribution in [0.5, 0.6) is 5.75 Å². The van der Waals surface area contributed by atoms with Crippen molar-refractivity contribution in [3.8, 4) is 5.75 Å². The second kappa shape index (κ2) is 3.29. The number of hydrogen-bond donors (Lipinski definition) is 0. The SMILES string of the molecule is CC1CCc2cc(Br)cc(F)c2O1. The van der Waals surface area contributed by atoms with E-state index in [0.29, 0.717) is 5.75 Å². The maximum atomic E-state index is 13.4. The molecule has 1 aliphatic heterocycles. The molecule has 1 aromatic rings. The summed E-state index contributed by atoms with van der Waals surface area (Å²) < 4.78 is 19.6. The van der Waals surface area contributed by atoms with Crippen LogP contribution in [0.4, 0.5) is 4.39 Å². The van der Waals surface area contributed by atoms with E-state index in [9.17, 15) is 4.39 Å². The maximum absolute atomic E-state index is 13.4. The van der Waals surface area contributed by atoms with E-state index in [2.05, 4.69) is 15.9 Å². The minimum Gasteiger partial charge on any atom is -0.487 e. The first-order valence-electron chi connectivity index (χ1n) is 4.31. The molecule has 0 saturated carbocycles. The highest BCUT2D eigenvalue weighted by Crippen LogP contribution is 2.32. The van der Waals surface area contributed by atoms with Gasteiger partial charge in [-0.1, -0.05) is 15.9 Å². The molecule has 0 bridgehead atoms. The van der Waals surface area contributed by atoms with Crippen LogP contribution in [0.15, 0.2) is 16.6 Å². The normalized spacial score (nSPS) is 20.7. The van der Waals surface area contributed by atoms with Gasteiger partial charge in [-0.15, -0.1) is 0 Å². The Bertz CT molecular complexity index is 338. The molecule has 0 amide bonds. The summed E-state index contributed by atoms with van der Waals surface area (Å²) in [6.45, 7) is 1.96. The molecule has 1 atom stereocenters. The van der Waals surface area contributed by atoms with E-state index in [1.54, 1.807) is 0 Å². The first-order valence-corrected chi connectivity index (χ1v) is 5.10. The molecule has 0 fully saturated rings. The topological polar surface area (TPSA) is 9.23 Å². The van der Waals surface area contributed by atoms with Crippen LogP contribution in [0.2, 0.25) is 0 Å². The summed E-state index contributed by atoms with van der Waals surface area (Å²) in [5.74, 6) is 0.165. The number of hydrogen-bond acceptors (Lipinski definition) is 1. The lowest BCUT2D eigenvalue weighted by molar-refractivity contribution is 0.183. The van der Waals surface area contributed by atoms with Crippen LogP contribution in [-0.4, -0.2) is 6.10 Å². The highest BCUT2D eigenvalue weighted by Gasteiger charge is 2.19. The number of aryl methyl sites for hydroxylation is 1. The van der Waals surface area contributed by atoms with Crippen molar-refractivity contribution in [1.82, 2.24) is 0 Å². The van der Waals surface area contributed by atoms with Gasteiger partial charge >= 0.3 is 0 Å². The zero-order valence-corrected chi connectivity index (χ0v) is 8.90. The maximum Gasteiger partial charge on any atom is 0.166 e. The first kappa shape index (κ1) is 9.00. The van der Waals surface area contributed by atoms with Crippen molar-refractivity contribution < 1.29 is 9.13 Å². The number of fused-ring (bicyclic) bond motifs is 1. The largest absolute Gasteiger partial charge is 0.487 e. The third kappa shape index (κ3) is 1.70. The Balaban J connectivity index is 2.47. The van der Waals surface area contributed by atoms with Crippen LogP contribution >= 0.6 is 15.9 Å². The fraction of sp³-hybridized carbons (Fsp3) is 0.400. The standard InChI is InChI=1S/C10H10BrFO/c1-6-2-3-7-4-8(11)5-9(12)10(7)13-6/h4-6H,2-3H2,1H3. The molecule has 13 heavy (non-hydrogen) atoms. The van der Waals surface area contributed by atoms with Crippen molar-refractivity contribution in [3.05, 3.63) is 28.0 Å². The van der Waals surface area contributed by atoms with Gasteiger partial charge in [-0.3, -0.25) is 0 Å². The fourth-order valence-corrected chi connectivity index (χ4v) is 2.03. The van der Waals surface area contributed by atoms with Crippen molar-refractivity contribution in [1.29, 1.82) is 0 Å². The Morgan fingerprint density at radius 2 is 2.31 bits per heavy atom. The fourth-order valence-electron chi connectivity index (χ4n) is 1.55. The third-order valence-corrected chi connectivity index (χ3v) is 2.68. The van der Waals surface area contributed by atoms with E-state index in [1.165, 1.54) is 6.07 Å². The summed E-state index contributed by atoms with van der Waals surface area (Å²) in [4.78, 5) is 0. The number of halogens is 2. The Hall–Kier alpha value is -0.570. The van der Waals surface area contributed by atoms with E-state index in [-0.39, 0.29) is 11.9 Å². The van der Waals surface area contributed by atoms with Crippen LogP contribution in [0.25, 0.3) is 0 Å². The van der Waals surface area contributed by atoms with E-state index in [4.69, 9.17) is 4.74 Å². The quantitative estimate of drug-likeness (QED) is 0.681. The number of rotatable bonds is 0. The van der Waals surface area contributed by atoms with Crippen molar-refractivity contribution in [2.24, 2.45) is 0 Å². The van der Waals surface area contributed by atoms with Crippen molar-refractivity contribution in [2.75, 3.05) is 0 Å². The molecular formula is C10H10BrFO. The molecule has 3 heteroatoms. The van der Waals surface area contributed by atoms with E-state index in [1.807, 2.05) is 13.0 Å². The predicted octanol–water partition coefficient (Wildman–Crippen LogP) is 3.30. The lowest BCUT2D eigenvalue weighted by atomic mass is 10.0. The predicted molar refractivity (Wildman–Crippen MR) is 52.5 cm³/mol. The van der Waals surface area contributed by atoms with Crippen LogP contribution in [-0.2, 0) is 6.42 Å². The molecule has 1 nitrogen and oxygen atoms in total. The molecule has 1 aliphatic rings. The van der Waals surface area contributed by atoms with Gasteiger partial charge in [0.05, 0.1) is 6.10 Å². The van der Waals surface area contributed by atoms with E-state index >= 15 is 0 Å². The van der Waals surface area contributed by atoms with Gasteiger partial charge in [0.25, 0.3) is 0 Å². The first-order chi connectivity index (χ1) is 6.16. The van der Waals surface area contributed by atoms with Crippen LogP contribution < -0.4 is 4.74 Å². The van der Waals surface area contributed by atoms with Crippen LogP contribution in [0.3, 0.4) is 0 Å². The van der Waals surface area contributed by atoms with Gasteiger partial charge in [-0.05, 0) is 37.5 Å². The summed E-state index contributed by atoms with van der Waals surface area (Å²) in [6, 6.07) is 3.36. The lowest BCUT2D eigenvalue weighted by Gasteiger charge is -2.23. The van der Waals surface area contributed by atoms with Gasteiger partial charge in [0, 0.05) is 4.47 Å². The lowest BCUT2D eigenvalue weighted by Crippen LogP contribution is -2.19. The minimum atomic E-state index is -0.268. The summed E-state index contributed by atoms with van der Waals surface area (Å²) >= 11 is 3.26. The molecule has 0 aliphatic carbocycles. The Morgan fingerprint density at radius 3 is 3.08 bits per heavy atom. The summed E-state index contributed by atoms with van der Waals surface area (Å²) in [6.07, 6.45) is 1.98. The molecule has 0 aromatic heterocycles. The molecule has 2 rings (SSSR count). The Morgan fingerprint density at radius 1 is 1.54 bits per heavy atom. The summed E-state index contributed by atoms with van der Waals surface area (Å²) in [7, 11) is 0. The number of ether oxygens (including phenoxy) is 1. The minimum absolute atomic E-state index is 0.128. The van der Waals surface area contributed by atoms with Gasteiger partial charge in [-0.25, -0.2) is 4.39 Å². The van der Waals surface area contributed by atoms with Gasteiger partial charge in [0.2, 0.25) is 0 Å². The van der Waals surface area contributed by atoms with Crippen LogP contribution in [0, 0.1) is 5.82 Å². The smallest absolute Gasteiger partial charge is 0.166 e. The molecule has 1 heterocycles. The molecule has 0 radical (unpaired) electrons. The zero-order valence-electron chi connectivity index (χ0n) is 7.31. The molecule has 70 valence electrons. The van der Waals surface area contributed by atoms with Gasteiger partial charge in [0.1, 0.15) is 0 Å². The molecule has 0 saturated heterocycles. The number of benzene rings is 1. The van der Waals surface area contributed by atoms with Gasteiger partial charge in [0.15, 0.2) is 11.6 Å². The molecule has 1 aromatic carbocycles. The molecule has 0 spiro atoms. The molecule has 0 N–H and O–H groups in total. The zero-order chi connectivity index (χ0) is 9.42. The van der Waals surface area contributed by atoms with Gasteiger partial charge in [-0.2, -0.15) is 0 Å². The van der Waals surface area contributed by atoms with Gasteiger partial charge < -0.3 is 4.74 Å². The summed E-state index contributed by atoms with van der Waals surface area (Å²) in [5, 5.41) is 0. The highest BCUT2D eigenvalue weighted by atomic mass is 79.9. The van der Waals surface area contributed by atoms with Crippen molar-refractivity contribution >= 4 is 15.9 Å². The molecule has 1 unspecified atom stereocenters. The highest BCUT2D eigenvalue weighted by molar-refractivity contribution is 9.10. The van der Waals surface area contributed by atoms with Crippen LogP contribution in [0.1, 0.15) is 18.9 Å².